The summed E-state index contributed by atoms with van der Waals surface area (Å²) in [5, 5.41) is 1.16. The van der Waals surface area contributed by atoms with Crippen molar-refractivity contribution in [3.05, 3.63) is 80.3 Å². The van der Waals surface area contributed by atoms with Crippen molar-refractivity contribution >= 4 is 41.1 Å². The van der Waals surface area contributed by atoms with E-state index >= 15 is 0 Å². The van der Waals surface area contributed by atoms with E-state index in [2.05, 4.69) is 19.1 Å². The van der Waals surface area contributed by atoms with Crippen LogP contribution in [0.25, 0.3) is 12.2 Å². The molecule has 0 spiro atoms. The molecule has 3 rings (SSSR count). The van der Waals surface area contributed by atoms with Crippen molar-refractivity contribution in [3.63, 3.8) is 0 Å². The van der Waals surface area contributed by atoms with Crippen molar-refractivity contribution in [1.29, 1.82) is 0 Å². The van der Waals surface area contributed by atoms with Gasteiger partial charge in [0.2, 0.25) is 0 Å². The summed E-state index contributed by atoms with van der Waals surface area (Å²) >= 11 is 12.2. The molecule has 3 heteroatoms. The van der Waals surface area contributed by atoms with E-state index in [-0.39, 0.29) is 5.78 Å². The zero-order valence-electron chi connectivity index (χ0n) is 13.5. The third-order valence-corrected chi connectivity index (χ3v) is 4.75. The number of Topliss-reactive ketones (excluding diaryl/α,β-unsaturated/α-hetero) is 1. The molecule has 2 aromatic rings. The van der Waals surface area contributed by atoms with E-state index in [1.54, 1.807) is 12.1 Å². The Kier molecular flexibility index (Phi) is 5.23. The van der Waals surface area contributed by atoms with E-state index in [0.717, 1.165) is 41.5 Å². The molecule has 122 valence electrons. The Morgan fingerprint density at radius 3 is 2.25 bits per heavy atom. The van der Waals surface area contributed by atoms with Gasteiger partial charge in [0.1, 0.15) is 0 Å². The topological polar surface area (TPSA) is 17.1 Å². The summed E-state index contributed by atoms with van der Waals surface area (Å²) < 4.78 is 0. The summed E-state index contributed by atoms with van der Waals surface area (Å²) in [4.78, 5) is 12.8. The minimum Gasteiger partial charge on any atom is -0.289 e. The van der Waals surface area contributed by atoms with E-state index in [0.29, 0.717) is 10.0 Å². The van der Waals surface area contributed by atoms with Gasteiger partial charge < -0.3 is 0 Å². The predicted octanol–water partition coefficient (Wildman–Crippen LogP) is 6.52. The third kappa shape index (κ3) is 3.98. The number of halogens is 2. The molecular formula is C21H18Cl2O. The van der Waals surface area contributed by atoms with Crippen LogP contribution in [-0.4, -0.2) is 5.78 Å². The van der Waals surface area contributed by atoms with Crippen LogP contribution in [0.4, 0.5) is 0 Å². The molecule has 1 aliphatic rings. The zero-order valence-corrected chi connectivity index (χ0v) is 15.0. The molecule has 0 saturated heterocycles. The van der Waals surface area contributed by atoms with Gasteiger partial charge in [0.05, 0.1) is 0 Å². The fraction of sp³-hybridized carbons (Fsp3) is 0.190. The second kappa shape index (κ2) is 7.38. The largest absolute Gasteiger partial charge is 0.289 e. The van der Waals surface area contributed by atoms with Gasteiger partial charge in [0.25, 0.3) is 0 Å². The lowest BCUT2D eigenvalue weighted by molar-refractivity contribution is -0.112. The van der Waals surface area contributed by atoms with E-state index in [9.17, 15) is 4.79 Å². The maximum absolute atomic E-state index is 12.8. The van der Waals surface area contributed by atoms with Gasteiger partial charge in [-0.25, -0.2) is 0 Å². The number of aryl methyl sites for hydroxylation is 1. The van der Waals surface area contributed by atoms with Crippen molar-refractivity contribution in [2.45, 2.75) is 26.2 Å². The molecule has 1 fully saturated rings. The van der Waals surface area contributed by atoms with Crippen LogP contribution in [0.1, 0.15) is 36.0 Å². The molecule has 0 aromatic heterocycles. The first-order valence-corrected chi connectivity index (χ1v) is 8.76. The first kappa shape index (κ1) is 17.0. The van der Waals surface area contributed by atoms with Crippen LogP contribution in [0.15, 0.2) is 53.6 Å². The summed E-state index contributed by atoms with van der Waals surface area (Å²) in [5.74, 6) is 0.118. The minimum absolute atomic E-state index is 0.118. The summed E-state index contributed by atoms with van der Waals surface area (Å²) in [6, 6.07) is 13.5. The number of carbonyl (C=O) groups is 1. The molecule has 1 nitrogen and oxygen atoms in total. The molecule has 0 heterocycles. The number of ketones is 1. The molecule has 0 aliphatic heterocycles. The van der Waals surface area contributed by atoms with E-state index in [1.165, 1.54) is 5.56 Å². The highest BCUT2D eigenvalue weighted by atomic mass is 35.5. The Morgan fingerprint density at radius 2 is 1.58 bits per heavy atom. The number of allylic oxidation sites excluding steroid dienone is 2. The summed E-state index contributed by atoms with van der Waals surface area (Å²) in [7, 11) is 0. The number of carbonyl (C=O) groups excluding carboxylic acids is 1. The summed E-state index contributed by atoms with van der Waals surface area (Å²) in [6.07, 6.45) is 6.46. The van der Waals surface area contributed by atoms with Crippen LogP contribution in [-0.2, 0) is 4.79 Å². The molecule has 0 atom stereocenters. The average Bonchev–Trinajstić information content (AvgIpc) is 2.55. The highest BCUT2D eigenvalue weighted by Gasteiger charge is 2.20. The fourth-order valence-corrected chi connectivity index (χ4v) is 3.31. The van der Waals surface area contributed by atoms with Crippen LogP contribution in [0.3, 0.4) is 0 Å². The SMILES string of the molecule is Cc1ccc(/C=C2\CCC/C(=C\c3ccc(Cl)cc3Cl)C2=O)cc1. The molecule has 0 radical (unpaired) electrons. The highest BCUT2D eigenvalue weighted by molar-refractivity contribution is 6.35. The van der Waals surface area contributed by atoms with E-state index in [1.807, 2.05) is 30.4 Å². The second-order valence-electron chi connectivity index (χ2n) is 6.10. The van der Waals surface area contributed by atoms with Crippen molar-refractivity contribution < 1.29 is 4.79 Å². The van der Waals surface area contributed by atoms with Gasteiger partial charge in [-0.3, -0.25) is 4.79 Å². The van der Waals surface area contributed by atoms with Crippen molar-refractivity contribution in [2.24, 2.45) is 0 Å². The second-order valence-corrected chi connectivity index (χ2v) is 6.94. The van der Waals surface area contributed by atoms with E-state index < -0.39 is 0 Å². The zero-order chi connectivity index (χ0) is 17.1. The lowest BCUT2D eigenvalue weighted by Gasteiger charge is -2.17. The molecular weight excluding hydrogens is 339 g/mol. The maximum Gasteiger partial charge on any atom is 0.185 e. The molecule has 1 saturated carbocycles. The number of hydrogen-bond acceptors (Lipinski definition) is 1. The minimum atomic E-state index is 0.118. The molecule has 1 aliphatic carbocycles. The monoisotopic (exact) mass is 356 g/mol. The highest BCUT2D eigenvalue weighted by Crippen LogP contribution is 2.30. The Balaban J connectivity index is 1.89. The molecule has 24 heavy (non-hydrogen) atoms. The molecule has 2 aromatic carbocycles. The van der Waals surface area contributed by atoms with Gasteiger partial charge in [-0.15, -0.1) is 0 Å². The maximum atomic E-state index is 12.8. The lowest BCUT2D eigenvalue weighted by Crippen LogP contribution is -2.12. The van der Waals surface area contributed by atoms with Gasteiger partial charge >= 0.3 is 0 Å². The average molecular weight is 357 g/mol. The number of benzene rings is 2. The normalized spacial score (nSPS) is 18.4. The van der Waals surface area contributed by atoms with Crippen molar-refractivity contribution in [3.8, 4) is 0 Å². The fourth-order valence-electron chi connectivity index (χ4n) is 2.85. The van der Waals surface area contributed by atoms with Gasteiger partial charge in [-0.1, -0.05) is 59.1 Å². The first-order valence-electron chi connectivity index (χ1n) is 8.00. The Hall–Kier alpha value is -1.83. The van der Waals surface area contributed by atoms with Gasteiger partial charge in [-0.05, 0) is 61.6 Å². The summed E-state index contributed by atoms with van der Waals surface area (Å²) in [6.45, 7) is 2.05. The summed E-state index contributed by atoms with van der Waals surface area (Å²) in [5.41, 5.74) is 4.78. The molecule has 0 amide bonds. The Bertz CT molecular complexity index is 829. The predicted molar refractivity (Wildman–Crippen MR) is 102 cm³/mol. The van der Waals surface area contributed by atoms with Gasteiger partial charge in [0, 0.05) is 21.2 Å². The van der Waals surface area contributed by atoms with Crippen molar-refractivity contribution in [2.75, 3.05) is 0 Å². The Morgan fingerprint density at radius 1 is 0.917 bits per heavy atom. The lowest BCUT2D eigenvalue weighted by atomic mass is 9.87. The first-order chi connectivity index (χ1) is 11.5. The number of rotatable bonds is 2. The van der Waals surface area contributed by atoms with Crippen LogP contribution < -0.4 is 0 Å². The standard InChI is InChI=1S/C21H18Cl2O/c1-14-5-7-15(8-6-14)11-17-3-2-4-18(21(17)24)12-16-9-10-19(22)13-20(16)23/h5-13H,2-4H2,1H3/b17-11+,18-12+. The quantitative estimate of drug-likeness (QED) is 0.559. The molecule has 0 bridgehead atoms. The van der Waals surface area contributed by atoms with Gasteiger partial charge in [-0.2, -0.15) is 0 Å². The smallest absolute Gasteiger partial charge is 0.185 e. The molecule has 0 unspecified atom stereocenters. The Labute approximate surface area is 152 Å². The van der Waals surface area contributed by atoms with Crippen LogP contribution in [0.2, 0.25) is 10.0 Å². The van der Waals surface area contributed by atoms with E-state index in [4.69, 9.17) is 23.2 Å². The van der Waals surface area contributed by atoms with Crippen LogP contribution in [0.5, 0.6) is 0 Å². The number of hydrogen-bond donors (Lipinski definition) is 0. The van der Waals surface area contributed by atoms with Crippen LogP contribution >= 0.6 is 23.2 Å². The van der Waals surface area contributed by atoms with Crippen LogP contribution in [0, 0.1) is 6.92 Å². The van der Waals surface area contributed by atoms with Gasteiger partial charge in [0.15, 0.2) is 5.78 Å². The molecule has 0 N–H and O–H groups in total. The third-order valence-electron chi connectivity index (χ3n) is 4.19. The van der Waals surface area contributed by atoms with Crippen molar-refractivity contribution in [1.82, 2.24) is 0 Å².